The first-order chi connectivity index (χ1) is 14.7. The average Bonchev–Trinajstić information content (AvgIpc) is 2.82. The van der Waals surface area contributed by atoms with E-state index in [1.807, 2.05) is 48.5 Å². The third-order valence-corrected chi connectivity index (χ3v) is 4.73. The van der Waals surface area contributed by atoms with Crippen molar-refractivity contribution < 1.29 is 19.1 Å². The maximum absolute atomic E-state index is 13.0. The molecule has 4 rings (SSSR count). The van der Waals surface area contributed by atoms with Crippen LogP contribution in [0, 0.1) is 0 Å². The monoisotopic (exact) mass is 396 g/mol. The molecule has 0 radical (unpaired) electrons. The highest BCUT2D eigenvalue weighted by molar-refractivity contribution is 6.01. The molecular weight excluding hydrogens is 376 g/mol. The Bertz CT molecular complexity index is 1150. The molecule has 0 bridgehead atoms. The Labute approximate surface area is 174 Å². The van der Waals surface area contributed by atoms with Gasteiger partial charge in [-0.3, -0.25) is 4.79 Å². The molecule has 0 amide bonds. The van der Waals surface area contributed by atoms with Crippen molar-refractivity contribution in [1.29, 1.82) is 0 Å². The van der Waals surface area contributed by atoms with E-state index in [9.17, 15) is 9.59 Å². The highest BCUT2D eigenvalue weighted by atomic mass is 16.6. The maximum atomic E-state index is 13.0. The predicted molar refractivity (Wildman–Crippen MR) is 115 cm³/mol. The molecule has 0 saturated carbocycles. The number of Topliss-reactive ketones (excluding diaryl/α,β-unsaturated/α-hetero) is 1. The minimum atomic E-state index is -1.03. The number of fused-ring (bicyclic) bond motifs is 1. The van der Waals surface area contributed by atoms with Gasteiger partial charge in [-0.15, -0.1) is 0 Å². The van der Waals surface area contributed by atoms with Crippen LogP contribution in [0.5, 0.6) is 5.75 Å². The number of ketones is 1. The average molecular weight is 396 g/mol. The molecule has 0 aromatic heterocycles. The molecule has 0 heterocycles. The second kappa shape index (κ2) is 9.05. The fourth-order valence-electron chi connectivity index (χ4n) is 3.22. The third-order valence-electron chi connectivity index (χ3n) is 4.73. The summed E-state index contributed by atoms with van der Waals surface area (Å²) in [5.74, 6) is -0.321. The van der Waals surface area contributed by atoms with Gasteiger partial charge in [0.1, 0.15) is 5.75 Å². The van der Waals surface area contributed by atoms with Crippen LogP contribution in [-0.4, -0.2) is 18.4 Å². The van der Waals surface area contributed by atoms with Gasteiger partial charge < -0.3 is 9.47 Å². The highest BCUT2D eigenvalue weighted by Crippen LogP contribution is 2.24. The first kappa shape index (κ1) is 19.4. The van der Waals surface area contributed by atoms with E-state index < -0.39 is 12.1 Å². The molecule has 30 heavy (non-hydrogen) atoms. The van der Waals surface area contributed by atoms with Crippen molar-refractivity contribution in [3.8, 4) is 5.75 Å². The molecular formula is C26H20O4. The standard InChI is InChI=1S/C26H20O4/c27-24(18-29-23-16-15-19-9-7-8-14-22(19)17-23)30-26(21-12-5-2-6-13-21)25(28)20-10-3-1-4-11-20/h1-17,26H,18H2. The summed E-state index contributed by atoms with van der Waals surface area (Å²) in [4.78, 5) is 25.5. The molecule has 148 valence electrons. The van der Waals surface area contributed by atoms with Gasteiger partial charge >= 0.3 is 5.97 Å². The minimum absolute atomic E-state index is 0.277. The Morgan fingerprint density at radius 3 is 2.07 bits per heavy atom. The molecule has 0 N–H and O–H groups in total. The van der Waals surface area contributed by atoms with Crippen molar-refractivity contribution in [2.45, 2.75) is 6.10 Å². The van der Waals surface area contributed by atoms with Crippen molar-refractivity contribution >= 4 is 22.5 Å². The van der Waals surface area contributed by atoms with E-state index in [0.29, 0.717) is 16.9 Å². The van der Waals surface area contributed by atoms with E-state index in [0.717, 1.165) is 10.8 Å². The summed E-state index contributed by atoms with van der Waals surface area (Å²) in [6.45, 7) is -0.288. The van der Waals surface area contributed by atoms with Crippen molar-refractivity contribution in [2.24, 2.45) is 0 Å². The van der Waals surface area contributed by atoms with Crippen molar-refractivity contribution in [2.75, 3.05) is 6.61 Å². The van der Waals surface area contributed by atoms with Crippen LogP contribution in [0.25, 0.3) is 10.8 Å². The number of esters is 1. The summed E-state index contributed by atoms with van der Waals surface area (Å²) in [6, 6.07) is 31.3. The van der Waals surface area contributed by atoms with E-state index >= 15 is 0 Å². The largest absolute Gasteiger partial charge is 0.482 e. The summed E-state index contributed by atoms with van der Waals surface area (Å²) in [7, 11) is 0. The number of hydrogen-bond donors (Lipinski definition) is 0. The summed E-state index contributed by atoms with van der Waals surface area (Å²) >= 11 is 0. The minimum Gasteiger partial charge on any atom is -0.482 e. The number of carbonyl (C=O) groups is 2. The topological polar surface area (TPSA) is 52.6 Å². The molecule has 0 spiro atoms. The van der Waals surface area contributed by atoms with Crippen molar-refractivity contribution in [3.05, 3.63) is 114 Å². The molecule has 0 aliphatic heterocycles. The molecule has 4 heteroatoms. The Morgan fingerprint density at radius 2 is 1.33 bits per heavy atom. The summed E-state index contributed by atoms with van der Waals surface area (Å²) < 4.78 is 11.2. The molecule has 1 atom stereocenters. The van der Waals surface area contributed by atoms with Gasteiger partial charge in [-0.2, -0.15) is 0 Å². The summed E-state index contributed by atoms with van der Waals surface area (Å²) in [6.07, 6.45) is -1.03. The van der Waals surface area contributed by atoms with Gasteiger partial charge in [0.2, 0.25) is 5.78 Å². The SMILES string of the molecule is O=C(COc1ccc2ccccc2c1)OC(C(=O)c1ccccc1)c1ccccc1. The first-order valence-electron chi connectivity index (χ1n) is 9.66. The Kier molecular flexibility index (Phi) is 5.85. The normalized spacial score (nSPS) is 11.6. The lowest BCUT2D eigenvalue weighted by Gasteiger charge is -2.17. The zero-order valence-electron chi connectivity index (χ0n) is 16.2. The lowest BCUT2D eigenvalue weighted by molar-refractivity contribution is -0.149. The highest BCUT2D eigenvalue weighted by Gasteiger charge is 2.26. The van der Waals surface area contributed by atoms with Crippen LogP contribution in [0.3, 0.4) is 0 Å². The lowest BCUT2D eigenvalue weighted by Crippen LogP contribution is -2.23. The molecule has 0 saturated heterocycles. The Balaban J connectivity index is 1.48. The predicted octanol–water partition coefficient (Wildman–Crippen LogP) is 5.39. The van der Waals surface area contributed by atoms with E-state index in [4.69, 9.17) is 9.47 Å². The molecule has 4 nitrogen and oxygen atoms in total. The van der Waals surface area contributed by atoms with Gasteiger partial charge in [0.05, 0.1) is 0 Å². The van der Waals surface area contributed by atoms with Crippen LogP contribution in [0.15, 0.2) is 103 Å². The number of benzene rings is 4. The zero-order chi connectivity index (χ0) is 20.8. The lowest BCUT2D eigenvalue weighted by atomic mass is 10.00. The van der Waals surface area contributed by atoms with Crippen LogP contribution in [0.1, 0.15) is 22.0 Å². The summed E-state index contributed by atoms with van der Waals surface area (Å²) in [5.41, 5.74) is 1.10. The van der Waals surface area contributed by atoms with E-state index in [1.165, 1.54) is 0 Å². The van der Waals surface area contributed by atoms with Gasteiger partial charge in [-0.25, -0.2) is 4.79 Å². The van der Waals surface area contributed by atoms with E-state index in [1.54, 1.807) is 54.6 Å². The molecule has 4 aromatic carbocycles. The first-order valence-corrected chi connectivity index (χ1v) is 9.66. The quantitative estimate of drug-likeness (QED) is 0.311. The second-order valence-electron chi connectivity index (χ2n) is 6.81. The number of ether oxygens (including phenoxy) is 2. The molecule has 0 aliphatic rings. The number of hydrogen-bond acceptors (Lipinski definition) is 4. The molecule has 0 aliphatic carbocycles. The number of carbonyl (C=O) groups excluding carboxylic acids is 2. The van der Waals surface area contributed by atoms with Crippen LogP contribution >= 0.6 is 0 Å². The van der Waals surface area contributed by atoms with Crippen LogP contribution < -0.4 is 4.74 Å². The van der Waals surface area contributed by atoms with E-state index in [-0.39, 0.29) is 12.4 Å². The Hall–Kier alpha value is -3.92. The van der Waals surface area contributed by atoms with Gasteiger partial charge in [-0.1, -0.05) is 91.0 Å². The fraction of sp³-hybridized carbons (Fsp3) is 0.0769. The van der Waals surface area contributed by atoms with Gasteiger partial charge in [0.25, 0.3) is 0 Å². The van der Waals surface area contributed by atoms with Crippen LogP contribution in [0.2, 0.25) is 0 Å². The third kappa shape index (κ3) is 4.55. The van der Waals surface area contributed by atoms with Gasteiger partial charge in [0.15, 0.2) is 12.7 Å². The van der Waals surface area contributed by atoms with Crippen LogP contribution in [0.4, 0.5) is 0 Å². The number of rotatable bonds is 7. The summed E-state index contributed by atoms with van der Waals surface area (Å²) in [5, 5.41) is 2.11. The molecule has 1 unspecified atom stereocenters. The molecule has 0 fully saturated rings. The van der Waals surface area contributed by atoms with Crippen LogP contribution in [-0.2, 0) is 9.53 Å². The Morgan fingerprint density at radius 1 is 0.700 bits per heavy atom. The fourth-order valence-corrected chi connectivity index (χ4v) is 3.22. The van der Waals surface area contributed by atoms with Gasteiger partial charge in [-0.05, 0) is 22.9 Å². The molecule has 4 aromatic rings. The smallest absolute Gasteiger partial charge is 0.345 e. The van der Waals surface area contributed by atoms with Crippen molar-refractivity contribution in [3.63, 3.8) is 0 Å². The van der Waals surface area contributed by atoms with Crippen molar-refractivity contribution in [1.82, 2.24) is 0 Å². The second-order valence-corrected chi connectivity index (χ2v) is 6.81. The maximum Gasteiger partial charge on any atom is 0.345 e. The van der Waals surface area contributed by atoms with E-state index in [2.05, 4.69) is 0 Å². The zero-order valence-corrected chi connectivity index (χ0v) is 16.2. The van der Waals surface area contributed by atoms with Gasteiger partial charge in [0, 0.05) is 11.1 Å².